The van der Waals surface area contributed by atoms with E-state index < -0.39 is 15.4 Å². The summed E-state index contributed by atoms with van der Waals surface area (Å²) in [5.41, 5.74) is 0.884. The number of benzene rings is 2. The predicted molar refractivity (Wildman–Crippen MR) is 107 cm³/mol. The van der Waals surface area contributed by atoms with Gasteiger partial charge >= 0.3 is 0 Å². The molecule has 0 aromatic heterocycles. The van der Waals surface area contributed by atoms with Crippen LogP contribution in [-0.4, -0.2) is 32.7 Å². The number of amides is 1. The van der Waals surface area contributed by atoms with Crippen molar-refractivity contribution in [2.45, 2.75) is 42.9 Å². The average molecular weight is 405 g/mol. The molecule has 1 amide bonds. The zero-order valence-electron chi connectivity index (χ0n) is 16.3. The number of anilines is 1. The molecular weight excluding hydrogens is 379 g/mol. The van der Waals surface area contributed by atoms with Crippen molar-refractivity contribution in [3.63, 3.8) is 0 Å². The van der Waals surface area contributed by atoms with Gasteiger partial charge in [0.15, 0.2) is 0 Å². The number of hydrogen-bond acceptors (Lipinski definition) is 3. The van der Waals surface area contributed by atoms with Gasteiger partial charge in [-0.1, -0.05) is 31.0 Å². The van der Waals surface area contributed by atoms with E-state index in [1.807, 2.05) is 0 Å². The highest BCUT2D eigenvalue weighted by atomic mass is 32.2. The van der Waals surface area contributed by atoms with Crippen LogP contribution in [0, 0.1) is 12.7 Å². The minimum absolute atomic E-state index is 0.154. The van der Waals surface area contributed by atoms with E-state index in [2.05, 4.69) is 5.32 Å². The molecule has 0 saturated heterocycles. The molecule has 1 aliphatic rings. The first kappa shape index (κ1) is 20.5. The SMILES string of the molecule is Cc1ccc(NC(=O)C2(c3cccc(F)c3)CCCC2)cc1S(=O)(=O)N(C)C. The quantitative estimate of drug-likeness (QED) is 0.824. The first-order valence-corrected chi connectivity index (χ1v) is 10.7. The molecule has 2 aromatic rings. The summed E-state index contributed by atoms with van der Waals surface area (Å²) in [7, 11) is -0.686. The Balaban J connectivity index is 1.96. The van der Waals surface area contributed by atoms with Crippen LogP contribution in [0.15, 0.2) is 47.4 Å². The van der Waals surface area contributed by atoms with Crippen LogP contribution < -0.4 is 5.32 Å². The Labute approximate surface area is 165 Å². The fraction of sp³-hybridized carbons (Fsp3) is 0.381. The summed E-state index contributed by atoms with van der Waals surface area (Å²) in [6.07, 6.45) is 3.05. The molecule has 2 aromatic carbocycles. The smallest absolute Gasteiger partial charge is 0.242 e. The molecule has 3 rings (SSSR count). The number of nitrogens with zero attached hydrogens (tertiary/aromatic N) is 1. The van der Waals surface area contributed by atoms with Crippen molar-refractivity contribution >= 4 is 21.6 Å². The lowest BCUT2D eigenvalue weighted by atomic mass is 9.78. The molecule has 7 heteroatoms. The fourth-order valence-corrected chi connectivity index (χ4v) is 4.96. The van der Waals surface area contributed by atoms with E-state index >= 15 is 0 Å². The van der Waals surface area contributed by atoms with E-state index in [0.29, 0.717) is 29.7 Å². The minimum atomic E-state index is -3.63. The van der Waals surface area contributed by atoms with Gasteiger partial charge in [0.25, 0.3) is 0 Å². The van der Waals surface area contributed by atoms with Gasteiger partial charge in [0.05, 0.1) is 10.3 Å². The lowest BCUT2D eigenvalue weighted by molar-refractivity contribution is -0.121. The molecular formula is C21H25FN2O3S. The van der Waals surface area contributed by atoms with Gasteiger partial charge in [0.2, 0.25) is 15.9 Å². The van der Waals surface area contributed by atoms with E-state index in [9.17, 15) is 17.6 Å². The Kier molecular flexibility index (Phi) is 5.59. The third-order valence-electron chi connectivity index (χ3n) is 5.47. The van der Waals surface area contributed by atoms with Crippen LogP contribution in [0.2, 0.25) is 0 Å². The van der Waals surface area contributed by atoms with Crippen molar-refractivity contribution in [3.8, 4) is 0 Å². The molecule has 0 heterocycles. The molecule has 0 aliphatic heterocycles. The lowest BCUT2D eigenvalue weighted by Crippen LogP contribution is -2.38. The third kappa shape index (κ3) is 3.69. The minimum Gasteiger partial charge on any atom is -0.325 e. The van der Waals surface area contributed by atoms with Gasteiger partial charge in [-0.05, 0) is 55.2 Å². The highest BCUT2D eigenvalue weighted by Gasteiger charge is 2.43. The van der Waals surface area contributed by atoms with Crippen molar-refractivity contribution in [1.29, 1.82) is 0 Å². The Hall–Kier alpha value is -2.25. The Morgan fingerprint density at radius 2 is 1.79 bits per heavy atom. The van der Waals surface area contributed by atoms with Crippen LogP contribution in [0.5, 0.6) is 0 Å². The van der Waals surface area contributed by atoms with Crippen molar-refractivity contribution in [2.24, 2.45) is 0 Å². The van der Waals surface area contributed by atoms with Crippen molar-refractivity contribution < 1.29 is 17.6 Å². The van der Waals surface area contributed by atoms with Gasteiger partial charge in [-0.2, -0.15) is 0 Å². The average Bonchev–Trinajstić information content (AvgIpc) is 3.14. The summed E-state index contributed by atoms with van der Waals surface area (Å²) in [5.74, 6) is -0.598. The third-order valence-corrected chi connectivity index (χ3v) is 7.43. The van der Waals surface area contributed by atoms with Gasteiger partial charge in [0.1, 0.15) is 5.82 Å². The molecule has 0 atom stereocenters. The molecule has 0 unspecified atom stereocenters. The molecule has 0 bridgehead atoms. The van der Waals surface area contributed by atoms with Gasteiger partial charge < -0.3 is 5.32 Å². The first-order valence-electron chi connectivity index (χ1n) is 9.27. The second-order valence-corrected chi connectivity index (χ2v) is 9.64. The molecule has 1 N–H and O–H groups in total. The maximum atomic E-state index is 13.8. The maximum absolute atomic E-state index is 13.8. The van der Waals surface area contributed by atoms with Crippen LogP contribution >= 0.6 is 0 Å². The van der Waals surface area contributed by atoms with Crippen molar-refractivity contribution in [3.05, 3.63) is 59.4 Å². The second kappa shape index (κ2) is 7.64. The number of carbonyl (C=O) groups is 1. The van der Waals surface area contributed by atoms with Gasteiger partial charge in [-0.25, -0.2) is 17.1 Å². The van der Waals surface area contributed by atoms with E-state index in [0.717, 1.165) is 17.1 Å². The molecule has 1 aliphatic carbocycles. The van der Waals surface area contributed by atoms with Crippen LogP contribution in [0.4, 0.5) is 10.1 Å². The Morgan fingerprint density at radius 1 is 1.11 bits per heavy atom. The number of aryl methyl sites for hydroxylation is 1. The second-order valence-electron chi connectivity index (χ2n) is 7.52. The van der Waals surface area contributed by atoms with E-state index in [1.54, 1.807) is 31.2 Å². The van der Waals surface area contributed by atoms with E-state index in [1.165, 1.54) is 32.3 Å². The zero-order chi connectivity index (χ0) is 20.5. The van der Waals surface area contributed by atoms with Crippen LogP contribution in [0.1, 0.15) is 36.8 Å². The lowest BCUT2D eigenvalue weighted by Gasteiger charge is -2.28. The summed E-state index contributed by atoms with van der Waals surface area (Å²) in [6, 6.07) is 11.0. The topological polar surface area (TPSA) is 66.5 Å². The Bertz CT molecular complexity index is 996. The van der Waals surface area contributed by atoms with Gasteiger partial charge in [-0.3, -0.25) is 4.79 Å². The van der Waals surface area contributed by atoms with Crippen LogP contribution in [0.25, 0.3) is 0 Å². The molecule has 0 radical (unpaired) electrons. The summed E-state index contributed by atoms with van der Waals surface area (Å²) < 4.78 is 40.0. The van der Waals surface area contributed by atoms with Gasteiger partial charge in [0, 0.05) is 19.8 Å². The van der Waals surface area contributed by atoms with Crippen LogP contribution in [-0.2, 0) is 20.2 Å². The largest absolute Gasteiger partial charge is 0.325 e. The summed E-state index contributed by atoms with van der Waals surface area (Å²) in [4.78, 5) is 13.4. The number of carbonyl (C=O) groups excluding carboxylic acids is 1. The summed E-state index contributed by atoms with van der Waals surface area (Å²) in [5, 5.41) is 2.88. The standard InChI is InChI=1S/C21H25FN2O3S/c1-15-9-10-18(14-19(15)28(26,27)24(2)3)23-20(25)21(11-4-5-12-21)16-7-6-8-17(22)13-16/h6-10,13-14H,4-5,11-12H2,1-3H3,(H,23,25). The molecule has 150 valence electrons. The number of nitrogens with one attached hydrogen (secondary N) is 1. The summed E-state index contributed by atoms with van der Waals surface area (Å²) in [6.45, 7) is 1.72. The highest BCUT2D eigenvalue weighted by Crippen LogP contribution is 2.42. The predicted octanol–water partition coefficient (Wildman–Crippen LogP) is 3.83. The molecule has 1 saturated carbocycles. The first-order chi connectivity index (χ1) is 13.2. The molecule has 0 spiro atoms. The number of rotatable bonds is 5. The molecule has 28 heavy (non-hydrogen) atoms. The van der Waals surface area contributed by atoms with Crippen LogP contribution in [0.3, 0.4) is 0 Å². The van der Waals surface area contributed by atoms with Gasteiger partial charge in [-0.15, -0.1) is 0 Å². The van der Waals surface area contributed by atoms with E-state index in [4.69, 9.17) is 0 Å². The van der Waals surface area contributed by atoms with E-state index in [-0.39, 0.29) is 16.6 Å². The van der Waals surface area contributed by atoms with Crippen molar-refractivity contribution in [1.82, 2.24) is 4.31 Å². The maximum Gasteiger partial charge on any atom is 0.242 e. The van der Waals surface area contributed by atoms with Crippen molar-refractivity contribution in [2.75, 3.05) is 19.4 Å². The molecule has 1 fully saturated rings. The highest BCUT2D eigenvalue weighted by molar-refractivity contribution is 7.89. The fourth-order valence-electron chi connectivity index (χ4n) is 3.81. The number of halogens is 1. The number of sulfonamides is 1. The summed E-state index contributed by atoms with van der Waals surface area (Å²) >= 11 is 0. The number of hydrogen-bond donors (Lipinski definition) is 1. The molecule has 5 nitrogen and oxygen atoms in total. The normalized spacial score (nSPS) is 16.3. The Morgan fingerprint density at radius 3 is 2.39 bits per heavy atom. The monoisotopic (exact) mass is 404 g/mol. The zero-order valence-corrected chi connectivity index (χ0v) is 17.1.